The molecule has 4 nitrogen and oxygen atoms in total. The van der Waals surface area contributed by atoms with E-state index < -0.39 is 0 Å². The van der Waals surface area contributed by atoms with Crippen LogP contribution >= 0.6 is 0 Å². The van der Waals surface area contributed by atoms with E-state index in [0.717, 1.165) is 29.7 Å². The fourth-order valence-electron chi connectivity index (χ4n) is 5.95. The molecule has 5 heteroatoms. The van der Waals surface area contributed by atoms with Crippen molar-refractivity contribution in [2.45, 2.75) is 38.7 Å². The SMILES string of the molecule is C[C@H]1OC(=O)[C@@H]2C[C@@H]3C(=O)CCC[C@H]3[C@H](C=Cc3ccc(-c4cccc(F)c4)cn3)[C@H]12. The van der Waals surface area contributed by atoms with Gasteiger partial charge in [0.05, 0.1) is 11.6 Å². The maximum Gasteiger partial charge on any atom is 0.309 e. The molecule has 0 unspecified atom stereocenters. The zero-order chi connectivity index (χ0) is 21.5. The topological polar surface area (TPSA) is 56.3 Å². The Balaban J connectivity index is 1.41. The number of Topliss-reactive ketones (excluding diaryl/α,β-unsaturated/α-hetero) is 1. The quantitative estimate of drug-likeness (QED) is 0.651. The van der Waals surface area contributed by atoms with Crippen molar-refractivity contribution in [2.24, 2.45) is 29.6 Å². The maximum absolute atomic E-state index is 13.5. The monoisotopic (exact) mass is 419 g/mol. The molecule has 2 saturated carbocycles. The lowest BCUT2D eigenvalue weighted by Crippen LogP contribution is -2.45. The Morgan fingerprint density at radius 1 is 1.13 bits per heavy atom. The van der Waals surface area contributed by atoms with Crippen LogP contribution < -0.4 is 0 Å². The molecule has 2 aromatic rings. The maximum atomic E-state index is 13.5. The second-order valence-corrected chi connectivity index (χ2v) is 9.11. The van der Waals surface area contributed by atoms with Crippen molar-refractivity contribution >= 4 is 17.8 Å². The highest BCUT2D eigenvalue weighted by Gasteiger charge is 2.55. The summed E-state index contributed by atoms with van der Waals surface area (Å²) in [5, 5.41) is 0. The van der Waals surface area contributed by atoms with E-state index in [1.54, 1.807) is 12.3 Å². The lowest BCUT2D eigenvalue weighted by molar-refractivity contribution is -0.144. The molecule has 0 bridgehead atoms. The summed E-state index contributed by atoms with van der Waals surface area (Å²) in [7, 11) is 0. The fourth-order valence-corrected chi connectivity index (χ4v) is 5.95. The Labute approximate surface area is 181 Å². The van der Waals surface area contributed by atoms with Crippen molar-refractivity contribution in [1.82, 2.24) is 4.98 Å². The minimum absolute atomic E-state index is 0.0363. The number of halogens is 1. The number of nitrogens with zero attached hydrogens (tertiary/aromatic N) is 1. The molecule has 2 aliphatic carbocycles. The third kappa shape index (κ3) is 3.71. The van der Waals surface area contributed by atoms with Gasteiger partial charge in [-0.15, -0.1) is 0 Å². The molecule has 1 aromatic carbocycles. The van der Waals surface area contributed by atoms with E-state index in [0.29, 0.717) is 18.6 Å². The number of aromatic nitrogens is 1. The molecule has 0 radical (unpaired) electrons. The lowest BCUT2D eigenvalue weighted by Gasteiger charge is -2.44. The predicted octanol–water partition coefficient (Wildman–Crippen LogP) is 5.08. The van der Waals surface area contributed by atoms with Gasteiger partial charge in [0.25, 0.3) is 0 Å². The van der Waals surface area contributed by atoms with Crippen LogP contribution in [0.15, 0.2) is 48.7 Å². The van der Waals surface area contributed by atoms with Crippen LogP contribution in [0.4, 0.5) is 4.39 Å². The number of ether oxygens (including phenoxy) is 1. The average molecular weight is 419 g/mol. The molecule has 2 heterocycles. The van der Waals surface area contributed by atoms with Crippen molar-refractivity contribution in [1.29, 1.82) is 0 Å². The minimum Gasteiger partial charge on any atom is -0.462 e. The lowest BCUT2D eigenvalue weighted by atomic mass is 9.57. The fraction of sp³-hybridized carbons (Fsp3) is 0.423. The summed E-state index contributed by atoms with van der Waals surface area (Å²) in [6.45, 7) is 1.97. The van der Waals surface area contributed by atoms with Crippen LogP contribution in [0.1, 0.15) is 38.3 Å². The summed E-state index contributed by atoms with van der Waals surface area (Å²) >= 11 is 0. The molecule has 1 aromatic heterocycles. The molecule has 1 aliphatic heterocycles. The summed E-state index contributed by atoms with van der Waals surface area (Å²) in [6, 6.07) is 10.3. The average Bonchev–Trinajstić information content (AvgIpc) is 3.05. The van der Waals surface area contributed by atoms with E-state index in [1.165, 1.54) is 12.1 Å². The zero-order valence-corrected chi connectivity index (χ0v) is 17.5. The number of hydrogen-bond acceptors (Lipinski definition) is 4. The standard InChI is InChI=1S/C26H26FNO3/c1-15-25-21(20-6-3-7-24(29)22(20)13-23(25)26(30)31-15)11-10-19-9-8-17(14-28-19)16-4-2-5-18(27)12-16/h2,4-5,8-12,14-15,20-23,25H,3,6-7,13H2,1H3/t15-,20+,21+,22+,23-,25+/m1/s1. The van der Waals surface area contributed by atoms with Gasteiger partial charge in [-0.1, -0.05) is 24.3 Å². The van der Waals surface area contributed by atoms with Gasteiger partial charge in [0.1, 0.15) is 17.7 Å². The number of ketones is 1. The van der Waals surface area contributed by atoms with Gasteiger partial charge in [0, 0.05) is 30.0 Å². The van der Waals surface area contributed by atoms with Crippen LogP contribution in [0.5, 0.6) is 0 Å². The molecular formula is C26H26FNO3. The highest BCUT2D eigenvalue weighted by atomic mass is 19.1. The molecule has 0 amide bonds. The molecule has 3 fully saturated rings. The van der Waals surface area contributed by atoms with E-state index in [-0.39, 0.29) is 47.5 Å². The number of fused-ring (bicyclic) bond motifs is 2. The smallest absolute Gasteiger partial charge is 0.309 e. The largest absolute Gasteiger partial charge is 0.462 e. The molecule has 31 heavy (non-hydrogen) atoms. The Morgan fingerprint density at radius 3 is 2.77 bits per heavy atom. The number of esters is 1. The number of benzene rings is 1. The van der Waals surface area contributed by atoms with E-state index in [2.05, 4.69) is 11.1 Å². The van der Waals surface area contributed by atoms with E-state index in [1.807, 2.05) is 31.2 Å². The predicted molar refractivity (Wildman–Crippen MR) is 115 cm³/mol. The molecule has 0 spiro atoms. The number of pyridine rings is 1. The highest BCUT2D eigenvalue weighted by Crippen LogP contribution is 2.52. The second kappa shape index (κ2) is 8.03. The van der Waals surface area contributed by atoms with Crippen molar-refractivity contribution in [3.8, 4) is 11.1 Å². The first-order valence-corrected chi connectivity index (χ1v) is 11.1. The molecule has 0 N–H and O–H groups in total. The number of rotatable bonds is 3. The Hall–Kier alpha value is -2.82. The zero-order valence-electron chi connectivity index (χ0n) is 17.5. The van der Waals surface area contributed by atoms with Crippen molar-refractivity contribution < 1.29 is 18.7 Å². The summed E-state index contributed by atoms with van der Waals surface area (Å²) in [4.78, 5) is 29.6. The molecule has 6 atom stereocenters. The third-order valence-corrected chi connectivity index (χ3v) is 7.38. The first-order valence-electron chi connectivity index (χ1n) is 11.1. The van der Waals surface area contributed by atoms with E-state index in [4.69, 9.17) is 4.74 Å². The summed E-state index contributed by atoms with van der Waals surface area (Å²) in [5.74, 6) is 0.168. The second-order valence-electron chi connectivity index (χ2n) is 9.11. The Morgan fingerprint density at radius 2 is 2.00 bits per heavy atom. The molecule has 1 saturated heterocycles. The minimum atomic E-state index is -0.271. The summed E-state index contributed by atoms with van der Waals surface area (Å²) in [5.41, 5.74) is 2.45. The first kappa shape index (κ1) is 20.1. The summed E-state index contributed by atoms with van der Waals surface area (Å²) < 4.78 is 19.1. The van der Waals surface area contributed by atoms with E-state index >= 15 is 0 Å². The van der Waals surface area contributed by atoms with Crippen LogP contribution in [0.3, 0.4) is 0 Å². The van der Waals surface area contributed by atoms with Crippen molar-refractivity contribution in [2.75, 3.05) is 0 Å². The summed E-state index contributed by atoms with van der Waals surface area (Å²) in [6.07, 6.45) is 8.96. The Bertz CT molecular complexity index is 1020. The molecular weight excluding hydrogens is 393 g/mol. The number of allylic oxidation sites excluding steroid dienone is 1. The van der Waals surface area contributed by atoms with E-state index in [9.17, 15) is 14.0 Å². The van der Waals surface area contributed by atoms with Gasteiger partial charge in [0.2, 0.25) is 0 Å². The molecule has 160 valence electrons. The van der Waals surface area contributed by atoms with Gasteiger partial charge in [-0.25, -0.2) is 4.39 Å². The number of carbonyl (C=O) groups is 2. The van der Waals surface area contributed by atoms with Crippen molar-refractivity contribution in [3.63, 3.8) is 0 Å². The third-order valence-electron chi connectivity index (χ3n) is 7.38. The van der Waals surface area contributed by atoms with Crippen LogP contribution in [-0.2, 0) is 14.3 Å². The first-order chi connectivity index (χ1) is 15.0. The van der Waals surface area contributed by atoms with Crippen LogP contribution in [-0.4, -0.2) is 22.8 Å². The van der Waals surface area contributed by atoms with Crippen LogP contribution in [0.2, 0.25) is 0 Å². The number of carbonyl (C=O) groups excluding carboxylic acids is 2. The molecule has 3 aliphatic rings. The van der Waals surface area contributed by atoms with Gasteiger partial charge in [-0.3, -0.25) is 14.6 Å². The molecule has 5 rings (SSSR count). The number of cyclic esters (lactones) is 1. The number of hydrogen-bond donors (Lipinski definition) is 0. The Kier molecular flexibility index (Phi) is 5.20. The van der Waals surface area contributed by atoms with Crippen molar-refractivity contribution in [3.05, 3.63) is 60.2 Å². The highest BCUT2D eigenvalue weighted by molar-refractivity contribution is 5.84. The van der Waals surface area contributed by atoms with Gasteiger partial charge in [-0.05, 0) is 67.9 Å². The van der Waals surface area contributed by atoms with Gasteiger partial charge in [-0.2, -0.15) is 0 Å². The normalized spacial score (nSPS) is 32.6. The van der Waals surface area contributed by atoms with Crippen LogP contribution in [0, 0.1) is 35.4 Å². The van der Waals surface area contributed by atoms with Crippen LogP contribution in [0.25, 0.3) is 17.2 Å². The van der Waals surface area contributed by atoms with Gasteiger partial charge < -0.3 is 4.74 Å². The van der Waals surface area contributed by atoms with Gasteiger partial charge >= 0.3 is 5.97 Å². The van der Waals surface area contributed by atoms with Gasteiger partial charge in [0.15, 0.2) is 0 Å².